The molecule has 0 saturated heterocycles. The minimum atomic E-state index is 0.692. The largest absolute Gasteiger partial charge is 0.308 e. The van der Waals surface area contributed by atoms with Crippen LogP contribution >= 0.6 is 0 Å². The summed E-state index contributed by atoms with van der Waals surface area (Å²) in [6, 6.07) is 4.56. The number of nitrogens with one attached hydrogen (secondary N) is 1. The van der Waals surface area contributed by atoms with Gasteiger partial charge in [-0.2, -0.15) is 0 Å². The maximum absolute atomic E-state index is 4.08. The molecular formula is C11H13N5. The summed E-state index contributed by atoms with van der Waals surface area (Å²) in [5, 5.41) is 11.5. The molecule has 82 valence electrons. The molecule has 0 spiro atoms. The number of nitrogens with zero attached hydrogens (tertiary/aromatic N) is 4. The van der Waals surface area contributed by atoms with Crippen molar-refractivity contribution in [3.8, 4) is 5.69 Å². The molecule has 1 saturated carbocycles. The van der Waals surface area contributed by atoms with E-state index in [0.29, 0.717) is 6.04 Å². The van der Waals surface area contributed by atoms with Crippen LogP contribution in [0.4, 0.5) is 0 Å². The molecule has 0 bridgehead atoms. The third kappa shape index (κ3) is 1.94. The normalized spacial score (nSPS) is 15.2. The zero-order valence-electron chi connectivity index (χ0n) is 8.87. The van der Waals surface area contributed by atoms with E-state index in [9.17, 15) is 0 Å². The van der Waals surface area contributed by atoms with Gasteiger partial charge in [0.25, 0.3) is 0 Å². The van der Waals surface area contributed by atoms with Gasteiger partial charge in [-0.05, 0) is 25.0 Å². The molecule has 2 aromatic rings. The van der Waals surface area contributed by atoms with E-state index in [1.807, 2.05) is 16.8 Å². The molecule has 1 N–H and O–H groups in total. The summed E-state index contributed by atoms with van der Waals surface area (Å²) in [7, 11) is 0. The van der Waals surface area contributed by atoms with Gasteiger partial charge in [0.05, 0.1) is 23.8 Å². The maximum atomic E-state index is 4.08. The van der Waals surface area contributed by atoms with Crippen LogP contribution in [-0.2, 0) is 6.54 Å². The van der Waals surface area contributed by atoms with E-state index in [2.05, 4.69) is 20.6 Å². The standard InChI is InChI=1S/C11H13N5/c1-2-10(6-12-5-1)16-11(8-14-15-16)7-13-9-3-4-9/h1-2,5-6,8-9,13H,3-4,7H2. The number of pyridine rings is 1. The van der Waals surface area contributed by atoms with Gasteiger partial charge in [-0.3, -0.25) is 4.98 Å². The first-order valence-electron chi connectivity index (χ1n) is 5.47. The Balaban J connectivity index is 1.81. The van der Waals surface area contributed by atoms with Crippen molar-refractivity contribution in [2.45, 2.75) is 25.4 Å². The van der Waals surface area contributed by atoms with Crippen molar-refractivity contribution in [2.75, 3.05) is 0 Å². The van der Waals surface area contributed by atoms with Crippen molar-refractivity contribution in [1.82, 2.24) is 25.3 Å². The number of hydrogen-bond donors (Lipinski definition) is 1. The molecule has 5 nitrogen and oxygen atoms in total. The minimum Gasteiger partial charge on any atom is -0.308 e. The zero-order chi connectivity index (χ0) is 10.8. The van der Waals surface area contributed by atoms with E-state index in [-0.39, 0.29) is 0 Å². The van der Waals surface area contributed by atoms with Crippen LogP contribution < -0.4 is 5.32 Å². The molecule has 2 aromatic heterocycles. The summed E-state index contributed by atoms with van der Waals surface area (Å²) < 4.78 is 1.82. The summed E-state index contributed by atoms with van der Waals surface area (Å²) in [5.74, 6) is 0. The quantitative estimate of drug-likeness (QED) is 0.823. The highest BCUT2D eigenvalue weighted by Gasteiger charge is 2.20. The monoisotopic (exact) mass is 215 g/mol. The van der Waals surface area contributed by atoms with Crippen LogP contribution in [0.3, 0.4) is 0 Å². The highest BCUT2D eigenvalue weighted by atomic mass is 15.4. The fourth-order valence-corrected chi connectivity index (χ4v) is 1.61. The van der Waals surface area contributed by atoms with Gasteiger partial charge in [-0.25, -0.2) is 4.68 Å². The SMILES string of the molecule is c1cncc(-n2nncc2CNC2CC2)c1. The number of hydrogen-bond acceptors (Lipinski definition) is 4. The lowest BCUT2D eigenvalue weighted by Crippen LogP contribution is -2.18. The Morgan fingerprint density at radius 3 is 3.06 bits per heavy atom. The second-order valence-corrected chi connectivity index (χ2v) is 4.00. The van der Waals surface area contributed by atoms with Crippen molar-refractivity contribution >= 4 is 0 Å². The third-order valence-electron chi connectivity index (χ3n) is 2.66. The van der Waals surface area contributed by atoms with Crippen molar-refractivity contribution in [2.24, 2.45) is 0 Å². The molecule has 1 aliphatic rings. The van der Waals surface area contributed by atoms with E-state index in [1.165, 1.54) is 12.8 Å². The van der Waals surface area contributed by atoms with E-state index < -0.39 is 0 Å². The van der Waals surface area contributed by atoms with Gasteiger partial charge in [-0.15, -0.1) is 5.10 Å². The van der Waals surface area contributed by atoms with Crippen LogP contribution in [0.1, 0.15) is 18.5 Å². The summed E-state index contributed by atoms with van der Waals surface area (Å²) >= 11 is 0. The third-order valence-corrected chi connectivity index (χ3v) is 2.66. The van der Waals surface area contributed by atoms with Crippen LogP contribution in [0.25, 0.3) is 5.69 Å². The highest BCUT2D eigenvalue weighted by molar-refractivity contribution is 5.27. The molecule has 1 aliphatic carbocycles. The Bertz CT molecular complexity index is 460. The molecule has 0 atom stereocenters. The van der Waals surface area contributed by atoms with Crippen molar-refractivity contribution in [3.05, 3.63) is 36.4 Å². The van der Waals surface area contributed by atoms with Gasteiger partial charge in [0.1, 0.15) is 0 Å². The van der Waals surface area contributed by atoms with Gasteiger partial charge in [0.2, 0.25) is 0 Å². The van der Waals surface area contributed by atoms with Gasteiger partial charge in [0, 0.05) is 18.8 Å². The minimum absolute atomic E-state index is 0.692. The van der Waals surface area contributed by atoms with Crippen LogP contribution in [0, 0.1) is 0 Å². The average Bonchev–Trinajstić information content (AvgIpc) is 3.05. The lowest BCUT2D eigenvalue weighted by atomic mass is 10.4. The van der Waals surface area contributed by atoms with E-state index in [4.69, 9.17) is 0 Å². The Morgan fingerprint density at radius 2 is 2.31 bits per heavy atom. The summed E-state index contributed by atoms with van der Waals surface area (Å²) in [6.45, 7) is 0.812. The summed E-state index contributed by atoms with van der Waals surface area (Å²) in [5.41, 5.74) is 2.02. The lowest BCUT2D eigenvalue weighted by molar-refractivity contribution is 0.646. The molecule has 0 amide bonds. The molecule has 0 unspecified atom stereocenters. The maximum Gasteiger partial charge on any atom is 0.0850 e. The molecule has 1 fully saturated rings. The van der Waals surface area contributed by atoms with Crippen molar-refractivity contribution in [3.63, 3.8) is 0 Å². The first-order chi connectivity index (χ1) is 7.93. The molecule has 5 heteroatoms. The fraction of sp³-hybridized carbons (Fsp3) is 0.364. The molecule has 0 aromatic carbocycles. The van der Waals surface area contributed by atoms with Gasteiger partial charge >= 0.3 is 0 Å². The molecule has 0 radical (unpaired) electrons. The second-order valence-electron chi connectivity index (χ2n) is 4.00. The van der Waals surface area contributed by atoms with Crippen LogP contribution in [0.2, 0.25) is 0 Å². The highest BCUT2D eigenvalue weighted by Crippen LogP contribution is 2.19. The fourth-order valence-electron chi connectivity index (χ4n) is 1.61. The number of aromatic nitrogens is 4. The van der Waals surface area contributed by atoms with Crippen LogP contribution in [0.5, 0.6) is 0 Å². The first kappa shape index (κ1) is 9.47. The van der Waals surface area contributed by atoms with Crippen molar-refractivity contribution < 1.29 is 0 Å². The van der Waals surface area contributed by atoms with Gasteiger partial charge < -0.3 is 5.32 Å². The summed E-state index contributed by atoms with van der Waals surface area (Å²) in [4.78, 5) is 4.08. The molecule has 3 rings (SSSR count). The van der Waals surface area contributed by atoms with E-state index in [0.717, 1.165) is 17.9 Å². The molecule has 0 aliphatic heterocycles. The molecule has 16 heavy (non-hydrogen) atoms. The smallest absolute Gasteiger partial charge is 0.0850 e. The lowest BCUT2D eigenvalue weighted by Gasteiger charge is -2.05. The summed E-state index contributed by atoms with van der Waals surface area (Å²) in [6.07, 6.45) is 7.91. The van der Waals surface area contributed by atoms with Gasteiger partial charge in [-0.1, -0.05) is 5.21 Å². The van der Waals surface area contributed by atoms with Crippen molar-refractivity contribution in [1.29, 1.82) is 0 Å². The average molecular weight is 215 g/mol. The molecule has 2 heterocycles. The Kier molecular flexibility index (Phi) is 2.38. The van der Waals surface area contributed by atoms with Crippen LogP contribution in [0.15, 0.2) is 30.7 Å². The Labute approximate surface area is 93.5 Å². The first-order valence-corrected chi connectivity index (χ1v) is 5.47. The predicted molar refractivity (Wildman–Crippen MR) is 59.0 cm³/mol. The van der Waals surface area contributed by atoms with Gasteiger partial charge in [0.15, 0.2) is 0 Å². The number of rotatable bonds is 4. The second kappa shape index (κ2) is 4.02. The molecular weight excluding hydrogens is 202 g/mol. The topological polar surface area (TPSA) is 55.6 Å². The Hall–Kier alpha value is -1.75. The Morgan fingerprint density at radius 1 is 1.38 bits per heavy atom. The predicted octanol–water partition coefficient (Wildman–Crippen LogP) is 0.914. The zero-order valence-corrected chi connectivity index (χ0v) is 8.87. The van der Waals surface area contributed by atoms with E-state index >= 15 is 0 Å². The van der Waals surface area contributed by atoms with E-state index in [1.54, 1.807) is 18.6 Å². The van der Waals surface area contributed by atoms with Crippen LogP contribution in [-0.4, -0.2) is 26.0 Å².